The van der Waals surface area contributed by atoms with E-state index in [0.29, 0.717) is 5.75 Å². The standard InChI is InChI=1S/C3H6NOSSe/c4-2(1-6)3(5)7/h2,6H,1,4H2. The van der Waals surface area contributed by atoms with Crippen LogP contribution in [0.25, 0.3) is 0 Å². The summed E-state index contributed by atoms with van der Waals surface area (Å²) in [6.07, 6.45) is 0. The van der Waals surface area contributed by atoms with Gasteiger partial charge in [-0.2, -0.15) is 0 Å². The Bertz CT molecular complexity index is 77.3. The predicted molar refractivity (Wildman–Crippen MR) is 32.6 cm³/mol. The van der Waals surface area contributed by atoms with E-state index < -0.39 is 6.04 Å². The number of carbonyl (C=O) groups is 1. The van der Waals surface area contributed by atoms with Crippen molar-refractivity contribution in [3.63, 3.8) is 0 Å². The van der Waals surface area contributed by atoms with E-state index in [4.69, 9.17) is 5.73 Å². The second-order valence-electron chi connectivity index (χ2n) is 1.11. The van der Waals surface area contributed by atoms with Crippen LogP contribution in [0.4, 0.5) is 0 Å². The van der Waals surface area contributed by atoms with Gasteiger partial charge in [-0.3, -0.25) is 0 Å². The molecule has 0 amide bonds. The Morgan fingerprint density at radius 1 is 2.00 bits per heavy atom. The summed E-state index contributed by atoms with van der Waals surface area (Å²) >= 11 is 6.07. The van der Waals surface area contributed by atoms with Crippen molar-refractivity contribution in [1.29, 1.82) is 0 Å². The van der Waals surface area contributed by atoms with Crippen molar-refractivity contribution in [3.05, 3.63) is 0 Å². The Labute approximate surface area is 56.1 Å². The second-order valence-corrected chi connectivity index (χ2v) is 2.32. The minimum atomic E-state index is -0.427. The van der Waals surface area contributed by atoms with Crippen molar-refractivity contribution < 1.29 is 4.79 Å². The van der Waals surface area contributed by atoms with Gasteiger partial charge < -0.3 is 0 Å². The van der Waals surface area contributed by atoms with E-state index in [1.54, 1.807) is 0 Å². The van der Waals surface area contributed by atoms with Gasteiger partial charge >= 0.3 is 55.6 Å². The first-order chi connectivity index (χ1) is 3.18. The molecule has 4 heteroatoms. The summed E-state index contributed by atoms with van der Waals surface area (Å²) in [4.78, 5) is 10.1. The molecule has 0 saturated carbocycles. The van der Waals surface area contributed by atoms with Gasteiger partial charge in [0.1, 0.15) is 0 Å². The number of hydrogen-bond donors (Lipinski definition) is 2. The first-order valence-electron chi connectivity index (χ1n) is 1.75. The Morgan fingerprint density at radius 2 is 2.43 bits per heavy atom. The maximum atomic E-state index is 10.1. The summed E-state index contributed by atoms with van der Waals surface area (Å²) in [7, 11) is 0. The first kappa shape index (κ1) is 7.50. The van der Waals surface area contributed by atoms with Crippen molar-refractivity contribution in [3.8, 4) is 0 Å². The molecule has 0 aromatic carbocycles. The first-order valence-corrected chi connectivity index (χ1v) is 3.24. The number of carbonyl (C=O) groups excluding carboxylic acids is 1. The molecule has 0 spiro atoms. The molecule has 7 heavy (non-hydrogen) atoms. The summed E-state index contributed by atoms with van der Waals surface area (Å²) in [6, 6.07) is -0.427. The molecule has 0 aromatic rings. The molecule has 0 bridgehead atoms. The van der Waals surface area contributed by atoms with Crippen LogP contribution < -0.4 is 5.73 Å². The molecular weight excluding hydrogens is 177 g/mol. The normalized spacial score (nSPS) is 13.4. The van der Waals surface area contributed by atoms with E-state index in [1.807, 2.05) is 0 Å². The molecule has 0 heterocycles. The van der Waals surface area contributed by atoms with Gasteiger partial charge in [-0.05, 0) is 0 Å². The van der Waals surface area contributed by atoms with E-state index in [0.717, 1.165) is 0 Å². The average molecular weight is 183 g/mol. The van der Waals surface area contributed by atoms with Crippen molar-refractivity contribution in [2.24, 2.45) is 5.73 Å². The fraction of sp³-hybridized carbons (Fsp3) is 0.667. The van der Waals surface area contributed by atoms with Crippen LogP contribution in [0.1, 0.15) is 0 Å². The molecule has 41 valence electrons. The van der Waals surface area contributed by atoms with Crippen molar-refractivity contribution in [2.45, 2.75) is 6.04 Å². The predicted octanol–water partition coefficient (Wildman–Crippen LogP) is -1.06. The van der Waals surface area contributed by atoms with Gasteiger partial charge in [-0.1, -0.05) is 0 Å². The van der Waals surface area contributed by atoms with Crippen LogP contribution in [0.3, 0.4) is 0 Å². The van der Waals surface area contributed by atoms with Gasteiger partial charge in [-0.25, -0.2) is 0 Å². The fourth-order valence-electron chi connectivity index (χ4n) is 0.0745. The van der Waals surface area contributed by atoms with Crippen LogP contribution in [0.5, 0.6) is 0 Å². The molecule has 0 rings (SSSR count). The van der Waals surface area contributed by atoms with Gasteiger partial charge in [-0.15, -0.1) is 0 Å². The molecule has 1 radical (unpaired) electrons. The van der Waals surface area contributed by atoms with Crippen LogP contribution >= 0.6 is 12.6 Å². The Balaban J connectivity index is 3.34. The molecule has 0 aliphatic heterocycles. The molecule has 1 unspecified atom stereocenters. The topological polar surface area (TPSA) is 43.1 Å². The summed E-state index contributed by atoms with van der Waals surface area (Å²) in [6.45, 7) is 0. The van der Waals surface area contributed by atoms with Crippen LogP contribution in [0.2, 0.25) is 0 Å². The molecule has 1 atom stereocenters. The van der Waals surface area contributed by atoms with Gasteiger partial charge in [0.2, 0.25) is 0 Å². The van der Waals surface area contributed by atoms with Crippen molar-refractivity contribution in [1.82, 2.24) is 0 Å². The summed E-state index contributed by atoms with van der Waals surface area (Å²) < 4.78 is -0.130. The molecule has 2 N–H and O–H groups in total. The van der Waals surface area contributed by atoms with E-state index >= 15 is 0 Å². The monoisotopic (exact) mass is 184 g/mol. The fourth-order valence-corrected chi connectivity index (χ4v) is 0.693. The van der Waals surface area contributed by atoms with Crippen LogP contribution in [0.15, 0.2) is 0 Å². The van der Waals surface area contributed by atoms with E-state index in [2.05, 4.69) is 28.6 Å². The summed E-state index contributed by atoms with van der Waals surface area (Å²) in [5.41, 5.74) is 5.16. The third-order valence-corrected chi connectivity index (χ3v) is 1.53. The van der Waals surface area contributed by atoms with Crippen molar-refractivity contribution >= 4 is 33.3 Å². The van der Waals surface area contributed by atoms with Crippen LogP contribution in [-0.2, 0) is 4.79 Å². The van der Waals surface area contributed by atoms with Crippen molar-refractivity contribution in [2.75, 3.05) is 5.75 Å². The third-order valence-electron chi connectivity index (χ3n) is 0.499. The zero-order chi connectivity index (χ0) is 5.86. The maximum absolute atomic E-state index is 10.1. The minimum absolute atomic E-state index is 0.130. The quantitative estimate of drug-likeness (QED) is 0.423. The summed E-state index contributed by atoms with van der Waals surface area (Å²) in [5.74, 6) is 0.409. The molecule has 0 fully saturated rings. The average Bonchev–Trinajstić information content (AvgIpc) is 1.65. The number of nitrogens with two attached hydrogens (primary N) is 1. The number of thiol groups is 1. The van der Waals surface area contributed by atoms with E-state index in [-0.39, 0.29) is 4.68 Å². The van der Waals surface area contributed by atoms with E-state index in [1.165, 1.54) is 0 Å². The Kier molecular flexibility index (Phi) is 3.74. The third kappa shape index (κ3) is 3.11. The molecular formula is C3H6NOSSe. The zero-order valence-corrected chi connectivity index (χ0v) is 6.23. The SMILES string of the molecule is NC(CS)C(=O)[Se]. The van der Waals surface area contributed by atoms with Crippen LogP contribution in [-0.4, -0.2) is 32.5 Å². The second kappa shape index (κ2) is 3.50. The Morgan fingerprint density at radius 3 is 2.43 bits per heavy atom. The van der Waals surface area contributed by atoms with Gasteiger partial charge in [0.05, 0.1) is 0 Å². The summed E-state index contributed by atoms with van der Waals surface area (Å²) in [5, 5.41) is 0. The van der Waals surface area contributed by atoms with E-state index in [9.17, 15) is 4.79 Å². The molecule has 0 aliphatic rings. The molecule has 0 aliphatic carbocycles. The van der Waals surface area contributed by atoms with Gasteiger partial charge in [0, 0.05) is 0 Å². The molecule has 0 saturated heterocycles. The molecule has 2 nitrogen and oxygen atoms in total. The molecule has 0 aromatic heterocycles. The Hall–Kier alpha value is 0.499. The van der Waals surface area contributed by atoms with Gasteiger partial charge in [0.25, 0.3) is 0 Å². The van der Waals surface area contributed by atoms with Crippen LogP contribution in [0, 0.1) is 0 Å². The van der Waals surface area contributed by atoms with Gasteiger partial charge in [0.15, 0.2) is 0 Å². The number of rotatable bonds is 2. The zero-order valence-electron chi connectivity index (χ0n) is 3.63. The number of hydrogen-bond acceptors (Lipinski definition) is 3.